The Morgan fingerprint density at radius 2 is 1.93 bits per heavy atom. The van der Waals surface area contributed by atoms with E-state index in [0.717, 1.165) is 0 Å². The molecule has 1 amide bonds. The average molecular weight is 208 g/mol. The fourth-order valence-electron chi connectivity index (χ4n) is 1.45. The number of hydrogen-bond acceptors (Lipinski definition) is 2. The van der Waals surface area contributed by atoms with Crippen LogP contribution in [0, 0.1) is 0 Å². The van der Waals surface area contributed by atoms with E-state index in [1.807, 2.05) is 13.8 Å². The average Bonchev–Trinajstić information content (AvgIpc) is 2.23. The summed E-state index contributed by atoms with van der Waals surface area (Å²) in [5.41, 5.74) is 0.277. The number of carbonyl (C=O) groups is 1. The monoisotopic (exact) mass is 208 g/mol. The van der Waals surface area contributed by atoms with E-state index in [1.54, 1.807) is 24.1 Å². The van der Waals surface area contributed by atoms with Gasteiger partial charge in [0.1, 0.15) is 5.69 Å². The molecule has 0 atom stereocenters. The lowest BCUT2D eigenvalue weighted by Gasteiger charge is -2.19. The molecule has 0 bridgehead atoms. The SMILES string of the molecule is CCN(CC)C(=O)c1cccc(=O)n1C. The molecule has 0 N–H and O–H groups in total. The lowest BCUT2D eigenvalue weighted by Crippen LogP contribution is -2.34. The number of carbonyl (C=O) groups excluding carboxylic acids is 1. The van der Waals surface area contributed by atoms with E-state index >= 15 is 0 Å². The summed E-state index contributed by atoms with van der Waals surface area (Å²) < 4.78 is 1.38. The third-order valence-corrected chi connectivity index (χ3v) is 2.45. The van der Waals surface area contributed by atoms with Crippen LogP contribution >= 0.6 is 0 Å². The van der Waals surface area contributed by atoms with Gasteiger partial charge in [-0.15, -0.1) is 0 Å². The molecule has 0 fully saturated rings. The number of hydrogen-bond donors (Lipinski definition) is 0. The highest BCUT2D eigenvalue weighted by Crippen LogP contribution is 2.01. The normalized spacial score (nSPS) is 10.1. The first-order valence-corrected chi connectivity index (χ1v) is 5.07. The summed E-state index contributed by atoms with van der Waals surface area (Å²) in [5.74, 6) is -0.0970. The van der Waals surface area contributed by atoms with Crippen molar-refractivity contribution in [1.82, 2.24) is 9.47 Å². The summed E-state index contributed by atoms with van der Waals surface area (Å²) in [6.45, 7) is 5.14. The van der Waals surface area contributed by atoms with Crippen LogP contribution in [0.1, 0.15) is 24.3 Å². The van der Waals surface area contributed by atoms with Crippen LogP contribution in [0.25, 0.3) is 0 Å². The lowest BCUT2D eigenvalue weighted by atomic mass is 10.3. The molecule has 0 spiro atoms. The van der Waals surface area contributed by atoms with Crippen LogP contribution in [-0.2, 0) is 7.05 Å². The Labute approximate surface area is 89.1 Å². The summed E-state index contributed by atoms with van der Waals surface area (Å²) >= 11 is 0. The summed E-state index contributed by atoms with van der Waals surface area (Å²) in [7, 11) is 1.61. The first kappa shape index (κ1) is 11.5. The standard InChI is InChI=1S/C11H16N2O2/c1-4-13(5-2)11(15)9-7-6-8-10(14)12(9)3/h6-8H,4-5H2,1-3H3. The minimum absolute atomic E-state index is 0.0970. The van der Waals surface area contributed by atoms with Crippen molar-refractivity contribution in [2.75, 3.05) is 13.1 Å². The van der Waals surface area contributed by atoms with E-state index in [4.69, 9.17) is 0 Å². The molecule has 1 rings (SSSR count). The Bertz CT molecular complexity index is 405. The van der Waals surface area contributed by atoms with E-state index in [2.05, 4.69) is 0 Å². The van der Waals surface area contributed by atoms with E-state index in [1.165, 1.54) is 10.6 Å². The Morgan fingerprint density at radius 3 is 2.47 bits per heavy atom. The zero-order chi connectivity index (χ0) is 11.4. The molecular weight excluding hydrogens is 192 g/mol. The maximum absolute atomic E-state index is 11.9. The van der Waals surface area contributed by atoms with Gasteiger partial charge in [-0.25, -0.2) is 0 Å². The number of amides is 1. The highest BCUT2D eigenvalue weighted by molar-refractivity contribution is 5.92. The quantitative estimate of drug-likeness (QED) is 0.739. The molecule has 0 aromatic carbocycles. The summed E-state index contributed by atoms with van der Waals surface area (Å²) in [6, 6.07) is 4.72. The highest BCUT2D eigenvalue weighted by Gasteiger charge is 2.14. The molecule has 0 aliphatic heterocycles. The van der Waals surface area contributed by atoms with Crippen LogP contribution in [0.15, 0.2) is 23.0 Å². The van der Waals surface area contributed by atoms with Crippen molar-refractivity contribution in [3.05, 3.63) is 34.2 Å². The van der Waals surface area contributed by atoms with Crippen molar-refractivity contribution in [1.29, 1.82) is 0 Å². The van der Waals surface area contributed by atoms with Crippen LogP contribution < -0.4 is 5.56 Å². The molecule has 15 heavy (non-hydrogen) atoms. The van der Waals surface area contributed by atoms with Crippen molar-refractivity contribution in [3.63, 3.8) is 0 Å². The minimum atomic E-state index is -0.159. The molecule has 0 aliphatic carbocycles. The predicted molar refractivity (Wildman–Crippen MR) is 58.9 cm³/mol. The molecule has 82 valence electrons. The zero-order valence-corrected chi connectivity index (χ0v) is 9.36. The topological polar surface area (TPSA) is 42.3 Å². The minimum Gasteiger partial charge on any atom is -0.338 e. The van der Waals surface area contributed by atoms with Gasteiger partial charge in [0.05, 0.1) is 0 Å². The van der Waals surface area contributed by atoms with Gasteiger partial charge in [0.15, 0.2) is 0 Å². The molecule has 0 saturated heterocycles. The number of pyridine rings is 1. The summed E-state index contributed by atoms with van der Waals surface area (Å²) in [5, 5.41) is 0. The first-order valence-electron chi connectivity index (χ1n) is 5.07. The highest BCUT2D eigenvalue weighted by atomic mass is 16.2. The van der Waals surface area contributed by atoms with Crippen LogP contribution in [-0.4, -0.2) is 28.5 Å². The summed E-state index contributed by atoms with van der Waals surface area (Å²) in [6.07, 6.45) is 0. The predicted octanol–water partition coefficient (Wildman–Crippen LogP) is 0.867. The Balaban J connectivity index is 3.11. The lowest BCUT2D eigenvalue weighted by molar-refractivity contribution is 0.0762. The van der Waals surface area contributed by atoms with Crippen molar-refractivity contribution >= 4 is 5.91 Å². The van der Waals surface area contributed by atoms with Crippen molar-refractivity contribution < 1.29 is 4.79 Å². The van der Waals surface area contributed by atoms with Gasteiger partial charge in [-0.3, -0.25) is 9.59 Å². The number of nitrogens with zero attached hydrogens (tertiary/aromatic N) is 2. The van der Waals surface area contributed by atoms with Crippen molar-refractivity contribution in [2.45, 2.75) is 13.8 Å². The molecular formula is C11H16N2O2. The van der Waals surface area contributed by atoms with E-state index in [0.29, 0.717) is 18.8 Å². The van der Waals surface area contributed by atoms with Gasteiger partial charge in [-0.1, -0.05) is 6.07 Å². The van der Waals surface area contributed by atoms with Gasteiger partial charge >= 0.3 is 0 Å². The second kappa shape index (κ2) is 4.77. The maximum Gasteiger partial charge on any atom is 0.270 e. The molecule has 1 aromatic rings. The fraction of sp³-hybridized carbons (Fsp3) is 0.455. The second-order valence-electron chi connectivity index (χ2n) is 3.29. The molecule has 1 heterocycles. The van der Waals surface area contributed by atoms with Crippen LogP contribution in [0.3, 0.4) is 0 Å². The maximum atomic E-state index is 11.9. The van der Waals surface area contributed by atoms with Gasteiger partial charge in [0, 0.05) is 26.2 Å². The van der Waals surface area contributed by atoms with Crippen LogP contribution in [0.5, 0.6) is 0 Å². The Hall–Kier alpha value is -1.58. The fourth-order valence-corrected chi connectivity index (χ4v) is 1.45. The van der Waals surface area contributed by atoms with E-state index < -0.39 is 0 Å². The third-order valence-electron chi connectivity index (χ3n) is 2.45. The van der Waals surface area contributed by atoms with Crippen LogP contribution in [0.2, 0.25) is 0 Å². The smallest absolute Gasteiger partial charge is 0.270 e. The van der Waals surface area contributed by atoms with Gasteiger partial charge in [0.2, 0.25) is 0 Å². The van der Waals surface area contributed by atoms with Gasteiger partial charge in [-0.05, 0) is 19.9 Å². The molecule has 0 radical (unpaired) electrons. The molecule has 4 heteroatoms. The third kappa shape index (κ3) is 2.26. The van der Waals surface area contributed by atoms with Gasteiger partial charge in [-0.2, -0.15) is 0 Å². The number of aromatic nitrogens is 1. The van der Waals surface area contributed by atoms with Crippen molar-refractivity contribution in [2.24, 2.45) is 7.05 Å². The van der Waals surface area contributed by atoms with Crippen LogP contribution in [0.4, 0.5) is 0 Å². The Morgan fingerprint density at radius 1 is 1.33 bits per heavy atom. The van der Waals surface area contributed by atoms with E-state index in [9.17, 15) is 9.59 Å². The zero-order valence-electron chi connectivity index (χ0n) is 9.36. The Kier molecular flexibility index (Phi) is 3.66. The first-order chi connectivity index (χ1) is 7.11. The second-order valence-corrected chi connectivity index (χ2v) is 3.29. The van der Waals surface area contributed by atoms with Gasteiger partial charge < -0.3 is 9.47 Å². The largest absolute Gasteiger partial charge is 0.338 e. The van der Waals surface area contributed by atoms with Gasteiger partial charge in [0.25, 0.3) is 11.5 Å². The molecule has 0 aliphatic rings. The molecule has 4 nitrogen and oxygen atoms in total. The van der Waals surface area contributed by atoms with Crippen molar-refractivity contribution in [3.8, 4) is 0 Å². The molecule has 1 aromatic heterocycles. The molecule has 0 saturated carbocycles. The van der Waals surface area contributed by atoms with E-state index in [-0.39, 0.29) is 11.5 Å². The molecule has 0 unspecified atom stereocenters. The summed E-state index contributed by atoms with van der Waals surface area (Å²) in [4.78, 5) is 25.0. The number of rotatable bonds is 3.